The van der Waals surface area contributed by atoms with E-state index in [1.807, 2.05) is 37.3 Å². The number of ether oxygens (including phenoxy) is 4. The number of nitrogens with one attached hydrogen (secondary N) is 1. The molecule has 0 bridgehead atoms. The van der Waals surface area contributed by atoms with Gasteiger partial charge in [-0.25, -0.2) is 19.5 Å². The van der Waals surface area contributed by atoms with Crippen LogP contribution in [-0.4, -0.2) is 58.3 Å². The van der Waals surface area contributed by atoms with Gasteiger partial charge >= 0.3 is 12.2 Å². The zero-order valence-electron chi connectivity index (χ0n) is 28.0. The summed E-state index contributed by atoms with van der Waals surface area (Å²) in [5.41, 5.74) is 1.37. The van der Waals surface area contributed by atoms with E-state index >= 15 is 0 Å². The number of hydrogen-bond donors (Lipinski definition) is 1. The Morgan fingerprint density at radius 3 is 2.30 bits per heavy atom. The van der Waals surface area contributed by atoms with Gasteiger partial charge in [0.05, 0.1) is 30.8 Å². The lowest BCUT2D eigenvalue weighted by Gasteiger charge is -2.24. The SMILES string of the molecule is COc1ccc2c(c1)[C@]1(C[C@H]1c1ccc3c(Nc4cc(C)cnc4OC)nn(C(=O)OC(C)(C)C)c3c1)C(=O)N2C(=O)OC(C)(C)C. The van der Waals surface area contributed by atoms with Crippen LogP contribution in [0.4, 0.5) is 26.8 Å². The lowest BCUT2D eigenvalue weighted by Crippen LogP contribution is -2.41. The smallest absolute Gasteiger partial charge is 0.435 e. The van der Waals surface area contributed by atoms with Gasteiger partial charge in [-0.15, -0.1) is 5.10 Å². The van der Waals surface area contributed by atoms with E-state index in [4.69, 9.17) is 18.9 Å². The summed E-state index contributed by atoms with van der Waals surface area (Å²) in [6.07, 6.45) is 0.762. The van der Waals surface area contributed by atoms with Crippen molar-refractivity contribution < 1.29 is 33.3 Å². The van der Waals surface area contributed by atoms with Gasteiger partial charge < -0.3 is 24.3 Å². The first-order chi connectivity index (χ1) is 22.1. The topological polar surface area (TPSA) is 134 Å². The Labute approximate surface area is 272 Å². The van der Waals surface area contributed by atoms with Gasteiger partial charge in [0.2, 0.25) is 11.8 Å². The summed E-state index contributed by atoms with van der Waals surface area (Å²) in [5.74, 6) is 0.689. The van der Waals surface area contributed by atoms with Crippen molar-refractivity contribution >= 4 is 46.2 Å². The molecule has 0 radical (unpaired) electrons. The molecule has 6 rings (SSSR count). The standard InChI is InChI=1S/C35H39N5O7/c1-19-14-25(29(45-9)36-18-19)37-28-22-12-10-20(15-27(22)40(38-28)32(43)47-34(5,6)7)24-17-35(24)23-16-21(44-8)11-13-26(23)39(30(35)41)31(42)46-33(2,3)4/h10-16,18,24H,17H2,1-9H3,(H,37,38)/t24-,35-/m0/s1. The van der Waals surface area contributed by atoms with Crippen molar-refractivity contribution in [3.05, 3.63) is 65.4 Å². The molecular formula is C35H39N5O7. The lowest BCUT2D eigenvalue weighted by molar-refractivity contribution is -0.120. The largest absolute Gasteiger partial charge is 0.497 e. The highest BCUT2D eigenvalue weighted by Gasteiger charge is 2.68. The molecule has 2 amide bonds. The van der Waals surface area contributed by atoms with Crippen LogP contribution in [0.25, 0.3) is 10.9 Å². The molecule has 12 heteroatoms. The number of anilines is 3. The second-order valence-electron chi connectivity index (χ2n) is 13.9. The Morgan fingerprint density at radius 1 is 0.936 bits per heavy atom. The number of carbonyl (C=O) groups is 3. The number of imide groups is 1. The molecule has 1 N–H and O–H groups in total. The van der Waals surface area contributed by atoms with Crippen LogP contribution in [0.5, 0.6) is 11.6 Å². The first-order valence-corrected chi connectivity index (χ1v) is 15.4. The number of methoxy groups -OCH3 is 2. The van der Waals surface area contributed by atoms with Gasteiger partial charge in [0.1, 0.15) is 22.6 Å². The van der Waals surface area contributed by atoms with Crippen molar-refractivity contribution in [3.8, 4) is 11.6 Å². The maximum atomic E-state index is 14.2. The molecule has 47 heavy (non-hydrogen) atoms. The summed E-state index contributed by atoms with van der Waals surface area (Å²) in [5, 5.41) is 8.54. The highest BCUT2D eigenvalue weighted by Crippen LogP contribution is 2.67. The molecule has 2 aromatic carbocycles. The predicted octanol–water partition coefficient (Wildman–Crippen LogP) is 6.99. The third-order valence-electron chi connectivity index (χ3n) is 8.16. The van der Waals surface area contributed by atoms with E-state index in [9.17, 15) is 14.4 Å². The Morgan fingerprint density at radius 2 is 1.64 bits per heavy atom. The molecule has 0 unspecified atom stereocenters. The number of carbonyl (C=O) groups excluding carboxylic acids is 3. The minimum Gasteiger partial charge on any atom is -0.497 e. The van der Waals surface area contributed by atoms with Crippen LogP contribution < -0.4 is 19.7 Å². The molecule has 246 valence electrons. The molecule has 1 saturated carbocycles. The van der Waals surface area contributed by atoms with E-state index in [2.05, 4.69) is 15.4 Å². The predicted molar refractivity (Wildman–Crippen MR) is 176 cm³/mol. The maximum absolute atomic E-state index is 14.2. The van der Waals surface area contributed by atoms with Gasteiger partial charge in [0.25, 0.3) is 0 Å². The zero-order valence-corrected chi connectivity index (χ0v) is 28.0. The third-order valence-corrected chi connectivity index (χ3v) is 8.16. The van der Waals surface area contributed by atoms with Crippen molar-refractivity contribution in [2.45, 2.75) is 77.4 Å². The van der Waals surface area contributed by atoms with Crippen LogP contribution in [0.15, 0.2) is 48.7 Å². The molecular weight excluding hydrogens is 602 g/mol. The quantitative estimate of drug-likeness (QED) is 0.243. The summed E-state index contributed by atoms with van der Waals surface area (Å²) in [7, 11) is 3.08. The molecule has 12 nitrogen and oxygen atoms in total. The van der Waals surface area contributed by atoms with Crippen LogP contribution in [0.3, 0.4) is 0 Å². The highest BCUT2D eigenvalue weighted by atomic mass is 16.6. The van der Waals surface area contributed by atoms with Crippen LogP contribution in [0, 0.1) is 6.92 Å². The molecule has 2 aromatic heterocycles. The Balaban J connectivity index is 1.44. The third kappa shape index (κ3) is 5.61. The monoisotopic (exact) mass is 641 g/mol. The summed E-state index contributed by atoms with van der Waals surface area (Å²) >= 11 is 0. The minimum absolute atomic E-state index is 0.294. The molecule has 4 aromatic rings. The Kier molecular flexibility index (Phi) is 7.45. The number of pyridine rings is 1. The van der Waals surface area contributed by atoms with Gasteiger partial charge in [-0.1, -0.05) is 6.07 Å². The average Bonchev–Trinajstić information content (AvgIpc) is 3.57. The molecule has 0 saturated heterocycles. The number of hydrogen-bond acceptors (Lipinski definition) is 10. The van der Waals surface area contributed by atoms with Crippen LogP contribution >= 0.6 is 0 Å². The van der Waals surface area contributed by atoms with Crippen molar-refractivity contribution in [1.29, 1.82) is 0 Å². The van der Waals surface area contributed by atoms with Gasteiger partial charge in [-0.3, -0.25) is 4.79 Å². The van der Waals surface area contributed by atoms with Crippen molar-refractivity contribution in [1.82, 2.24) is 14.8 Å². The fraction of sp³-hybridized carbons (Fsp3) is 0.400. The second kappa shape index (κ2) is 11.0. The number of aromatic nitrogens is 3. The van der Waals surface area contributed by atoms with Gasteiger partial charge in [0, 0.05) is 17.5 Å². The number of aryl methyl sites for hydroxylation is 1. The number of fused-ring (bicyclic) bond motifs is 3. The van der Waals surface area contributed by atoms with Crippen LogP contribution in [0.1, 0.15) is 70.6 Å². The van der Waals surface area contributed by atoms with E-state index in [0.29, 0.717) is 51.7 Å². The summed E-state index contributed by atoms with van der Waals surface area (Å²) in [6, 6.07) is 12.8. The summed E-state index contributed by atoms with van der Waals surface area (Å²) in [4.78, 5) is 46.5. The van der Waals surface area contributed by atoms with Gasteiger partial charge in [-0.05, 0) is 108 Å². The molecule has 1 spiro atoms. The molecule has 2 atom stereocenters. The number of nitrogens with zero attached hydrogens (tertiary/aromatic N) is 4. The molecule has 1 aliphatic carbocycles. The first kappa shape index (κ1) is 31.8. The highest BCUT2D eigenvalue weighted by molar-refractivity contribution is 6.23. The van der Waals surface area contributed by atoms with Crippen molar-refractivity contribution in [3.63, 3.8) is 0 Å². The minimum atomic E-state index is -1.01. The van der Waals surface area contributed by atoms with Gasteiger partial charge in [-0.2, -0.15) is 4.68 Å². The number of benzene rings is 2. The second-order valence-corrected chi connectivity index (χ2v) is 13.9. The average molecular weight is 642 g/mol. The van der Waals surface area contributed by atoms with Crippen molar-refractivity contribution in [2.24, 2.45) is 0 Å². The van der Waals surface area contributed by atoms with E-state index < -0.39 is 28.8 Å². The first-order valence-electron chi connectivity index (χ1n) is 15.4. The Hall–Kier alpha value is -5.13. The fourth-order valence-corrected chi connectivity index (χ4v) is 6.13. The van der Waals surface area contributed by atoms with E-state index in [0.717, 1.165) is 16.0 Å². The van der Waals surface area contributed by atoms with Crippen LogP contribution in [-0.2, 0) is 19.7 Å². The number of amides is 2. The summed E-state index contributed by atoms with van der Waals surface area (Å²) in [6.45, 7) is 12.5. The molecule has 1 fully saturated rings. The summed E-state index contributed by atoms with van der Waals surface area (Å²) < 4.78 is 23.5. The molecule has 1 aliphatic heterocycles. The fourth-order valence-electron chi connectivity index (χ4n) is 6.13. The van der Waals surface area contributed by atoms with E-state index in [1.165, 1.54) is 11.8 Å². The van der Waals surface area contributed by atoms with Gasteiger partial charge in [0.15, 0.2) is 5.82 Å². The Bertz CT molecular complexity index is 1940. The van der Waals surface area contributed by atoms with E-state index in [1.54, 1.807) is 67.0 Å². The van der Waals surface area contributed by atoms with E-state index in [-0.39, 0.29) is 11.8 Å². The number of rotatable bonds is 5. The normalized spacial score (nSPS) is 18.7. The zero-order chi connectivity index (χ0) is 34.1. The van der Waals surface area contributed by atoms with Crippen LogP contribution in [0.2, 0.25) is 0 Å². The van der Waals surface area contributed by atoms with Crippen molar-refractivity contribution in [2.75, 3.05) is 24.4 Å². The molecule has 3 heterocycles. The maximum Gasteiger partial charge on any atom is 0.435 e. The molecule has 2 aliphatic rings. The lowest BCUT2D eigenvalue weighted by atomic mass is 9.91.